The van der Waals surface area contributed by atoms with Crippen LogP contribution in [0, 0.1) is 5.92 Å². The molecule has 1 atom stereocenters. The fourth-order valence-corrected chi connectivity index (χ4v) is 5.00. The van der Waals surface area contributed by atoms with Crippen molar-refractivity contribution in [3.63, 3.8) is 0 Å². The van der Waals surface area contributed by atoms with Crippen molar-refractivity contribution < 1.29 is 9.90 Å². The third-order valence-electron chi connectivity index (χ3n) is 5.96. The third-order valence-corrected chi connectivity index (χ3v) is 6.45. The van der Waals surface area contributed by atoms with Crippen LogP contribution in [0.2, 0.25) is 0 Å². The zero-order chi connectivity index (χ0) is 19.5. The highest BCUT2D eigenvalue weighted by molar-refractivity contribution is 9.10. The van der Waals surface area contributed by atoms with Crippen LogP contribution < -0.4 is 0 Å². The lowest BCUT2D eigenvalue weighted by Gasteiger charge is -2.16. The van der Waals surface area contributed by atoms with Crippen LogP contribution in [0.15, 0.2) is 53.0 Å². The van der Waals surface area contributed by atoms with Crippen LogP contribution in [0.1, 0.15) is 41.5 Å². The molecule has 1 aliphatic carbocycles. The number of carboxylic acids is 1. The number of fused-ring (bicyclic) bond motifs is 2. The fraction of sp³-hybridized carbons (Fsp3) is 0.375. The van der Waals surface area contributed by atoms with Crippen molar-refractivity contribution in [2.24, 2.45) is 5.92 Å². The second-order valence-corrected chi connectivity index (χ2v) is 8.83. The molecular weight excluding hydrogens is 414 g/mol. The smallest absolute Gasteiger partial charge is 0.303 e. The van der Waals surface area contributed by atoms with E-state index in [1.807, 2.05) is 0 Å². The average Bonchev–Trinajstić information content (AvgIpc) is 3.04. The fourth-order valence-electron chi connectivity index (χ4n) is 4.59. The molecule has 1 N–H and O–H groups in total. The van der Waals surface area contributed by atoms with Crippen molar-refractivity contribution in [3.05, 3.63) is 75.3 Å². The average molecular weight is 440 g/mol. The van der Waals surface area contributed by atoms with E-state index in [1.54, 1.807) is 0 Å². The summed E-state index contributed by atoms with van der Waals surface area (Å²) in [5, 5.41) is 9.01. The number of hydrogen-bond donors (Lipinski definition) is 1. The summed E-state index contributed by atoms with van der Waals surface area (Å²) in [6, 6.07) is 15.4. The molecule has 0 radical (unpaired) electrons. The minimum Gasteiger partial charge on any atom is -0.481 e. The second-order valence-electron chi connectivity index (χ2n) is 7.92. The van der Waals surface area contributed by atoms with Gasteiger partial charge in [0.15, 0.2) is 0 Å². The largest absolute Gasteiger partial charge is 0.481 e. The van der Waals surface area contributed by atoms with Gasteiger partial charge in [-0.05, 0) is 78.1 Å². The second kappa shape index (κ2) is 8.62. The molecule has 28 heavy (non-hydrogen) atoms. The van der Waals surface area contributed by atoms with Crippen molar-refractivity contribution in [2.75, 3.05) is 19.6 Å². The van der Waals surface area contributed by atoms with Gasteiger partial charge in [-0.15, -0.1) is 0 Å². The Morgan fingerprint density at radius 3 is 2.79 bits per heavy atom. The van der Waals surface area contributed by atoms with Crippen molar-refractivity contribution in [1.29, 1.82) is 0 Å². The van der Waals surface area contributed by atoms with Crippen LogP contribution >= 0.6 is 15.9 Å². The number of likely N-dealkylation sites (tertiary alicyclic amines) is 1. The van der Waals surface area contributed by atoms with E-state index in [1.165, 1.54) is 27.8 Å². The Balaban J connectivity index is 1.54. The lowest BCUT2D eigenvalue weighted by molar-refractivity contribution is -0.138. The summed E-state index contributed by atoms with van der Waals surface area (Å²) in [5.41, 5.74) is 6.87. The van der Waals surface area contributed by atoms with Crippen molar-refractivity contribution in [3.8, 4) is 0 Å². The maximum atomic E-state index is 10.9. The summed E-state index contributed by atoms with van der Waals surface area (Å²) >= 11 is 3.62. The lowest BCUT2D eigenvalue weighted by atomic mass is 9.93. The number of benzene rings is 2. The predicted octanol–water partition coefficient (Wildman–Crippen LogP) is 5.17. The molecule has 4 rings (SSSR count). The number of aryl methyl sites for hydroxylation is 2. The Morgan fingerprint density at radius 1 is 1.14 bits per heavy atom. The third kappa shape index (κ3) is 4.39. The molecule has 0 bridgehead atoms. The predicted molar refractivity (Wildman–Crippen MR) is 116 cm³/mol. The van der Waals surface area contributed by atoms with Crippen LogP contribution in [-0.2, 0) is 17.6 Å². The molecule has 1 aliphatic heterocycles. The maximum Gasteiger partial charge on any atom is 0.303 e. The summed E-state index contributed by atoms with van der Waals surface area (Å²) < 4.78 is 1.14. The molecule has 1 saturated heterocycles. The van der Waals surface area contributed by atoms with Crippen LogP contribution in [0.4, 0.5) is 0 Å². The highest BCUT2D eigenvalue weighted by Crippen LogP contribution is 2.35. The molecule has 4 heteroatoms. The van der Waals surface area contributed by atoms with E-state index in [-0.39, 0.29) is 0 Å². The molecule has 146 valence electrons. The first kappa shape index (κ1) is 19.4. The summed E-state index contributed by atoms with van der Waals surface area (Å²) in [6.45, 7) is 2.92. The van der Waals surface area contributed by atoms with E-state index < -0.39 is 5.97 Å². The lowest BCUT2D eigenvalue weighted by Crippen LogP contribution is -2.22. The first-order chi connectivity index (χ1) is 13.6. The van der Waals surface area contributed by atoms with E-state index in [2.05, 4.69) is 69.4 Å². The van der Waals surface area contributed by atoms with Gasteiger partial charge in [-0.1, -0.05) is 52.3 Å². The Kier molecular flexibility index (Phi) is 5.98. The molecule has 2 aliphatic rings. The van der Waals surface area contributed by atoms with Gasteiger partial charge in [0.05, 0.1) is 0 Å². The van der Waals surface area contributed by atoms with Crippen molar-refractivity contribution in [2.45, 2.75) is 32.1 Å². The normalized spacial score (nSPS) is 20.6. The van der Waals surface area contributed by atoms with Gasteiger partial charge < -0.3 is 10.0 Å². The van der Waals surface area contributed by atoms with Gasteiger partial charge in [-0.3, -0.25) is 4.79 Å². The van der Waals surface area contributed by atoms with Crippen LogP contribution in [0.25, 0.3) is 5.57 Å². The molecule has 2 aromatic rings. The monoisotopic (exact) mass is 439 g/mol. The van der Waals surface area contributed by atoms with Gasteiger partial charge in [0.2, 0.25) is 0 Å². The summed E-state index contributed by atoms with van der Waals surface area (Å²) in [6.07, 6.45) is 6.81. The first-order valence-corrected chi connectivity index (χ1v) is 10.9. The molecular formula is C24H26BrNO2. The summed E-state index contributed by atoms with van der Waals surface area (Å²) in [7, 11) is 0. The molecule has 3 nitrogen and oxygen atoms in total. The van der Waals surface area contributed by atoms with Gasteiger partial charge in [0.1, 0.15) is 0 Å². The maximum absolute atomic E-state index is 10.9. The molecule has 1 unspecified atom stereocenters. The zero-order valence-electron chi connectivity index (χ0n) is 16.0. The highest BCUT2D eigenvalue weighted by atomic mass is 79.9. The molecule has 1 heterocycles. The van der Waals surface area contributed by atoms with Gasteiger partial charge in [0.25, 0.3) is 0 Å². The minimum absolute atomic E-state index is 0.299. The standard InChI is InChI=1S/C24H26BrNO2/c25-20-9-10-22-19(15-20)8-7-18-4-1-2-5-21(18)23(22)6-3-12-26-13-11-17(16-26)14-24(27)28/h1-2,4-6,9-10,15,17H,3,7-8,11-14,16H2,(H,27,28). The van der Waals surface area contributed by atoms with Gasteiger partial charge in [0, 0.05) is 24.0 Å². The highest BCUT2D eigenvalue weighted by Gasteiger charge is 2.24. The summed E-state index contributed by atoms with van der Waals surface area (Å²) in [5.74, 6) is -0.367. The molecule has 0 saturated carbocycles. The van der Waals surface area contributed by atoms with E-state index in [4.69, 9.17) is 5.11 Å². The quantitative estimate of drug-likeness (QED) is 0.698. The first-order valence-electron chi connectivity index (χ1n) is 10.1. The van der Waals surface area contributed by atoms with E-state index in [0.29, 0.717) is 12.3 Å². The van der Waals surface area contributed by atoms with Crippen LogP contribution in [-0.4, -0.2) is 35.6 Å². The van der Waals surface area contributed by atoms with E-state index >= 15 is 0 Å². The molecule has 1 fully saturated rings. The Bertz CT molecular complexity index is 905. The van der Waals surface area contributed by atoms with Gasteiger partial charge in [-0.2, -0.15) is 0 Å². The number of rotatable bonds is 5. The van der Waals surface area contributed by atoms with Crippen LogP contribution in [0.3, 0.4) is 0 Å². The van der Waals surface area contributed by atoms with Crippen molar-refractivity contribution in [1.82, 2.24) is 4.90 Å². The number of carbonyl (C=O) groups is 1. The van der Waals surface area contributed by atoms with Crippen LogP contribution in [0.5, 0.6) is 0 Å². The Labute approximate surface area is 175 Å². The number of hydrogen-bond acceptors (Lipinski definition) is 2. The number of aliphatic carboxylic acids is 1. The summed E-state index contributed by atoms with van der Waals surface area (Å²) in [4.78, 5) is 13.4. The SMILES string of the molecule is O=C(O)CC1CCN(CCC=C2c3ccccc3CCc3cc(Br)ccc32)C1. The topological polar surface area (TPSA) is 40.5 Å². The number of halogens is 1. The minimum atomic E-state index is -0.674. The van der Waals surface area contributed by atoms with Crippen molar-refractivity contribution >= 4 is 27.5 Å². The number of carboxylic acid groups (broad SMARTS) is 1. The van der Waals surface area contributed by atoms with Gasteiger partial charge in [-0.25, -0.2) is 0 Å². The van der Waals surface area contributed by atoms with E-state index in [9.17, 15) is 4.79 Å². The Hall–Kier alpha value is -1.91. The molecule has 2 aromatic carbocycles. The van der Waals surface area contributed by atoms with E-state index in [0.717, 1.165) is 49.8 Å². The molecule has 0 spiro atoms. The molecule has 0 amide bonds. The molecule has 0 aromatic heterocycles. The number of nitrogens with zero attached hydrogens (tertiary/aromatic N) is 1. The zero-order valence-corrected chi connectivity index (χ0v) is 17.6. The Morgan fingerprint density at radius 2 is 1.93 bits per heavy atom. The van der Waals surface area contributed by atoms with Gasteiger partial charge >= 0.3 is 5.97 Å².